The number of carbonyl (C=O) groups is 2. The summed E-state index contributed by atoms with van der Waals surface area (Å²) in [5, 5.41) is 0. The highest BCUT2D eigenvalue weighted by Crippen LogP contribution is 2.26. The molecular weight excluding hydrogens is 258 g/mol. The molecular formula is C11H10BrNO2. The normalized spacial score (nSPS) is 21.2. The lowest BCUT2D eigenvalue weighted by Gasteiger charge is -2.14. The predicted octanol–water partition coefficient (Wildman–Crippen LogP) is 2.35. The monoisotopic (exact) mass is 267 g/mol. The van der Waals surface area contributed by atoms with Crippen molar-refractivity contribution in [3.8, 4) is 0 Å². The first-order valence-electron chi connectivity index (χ1n) is 4.72. The molecule has 0 aromatic heterocycles. The number of hydrogen-bond donors (Lipinski definition) is 0. The van der Waals surface area contributed by atoms with Gasteiger partial charge in [-0.1, -0.05) is 22.9 Å². The molecule has 1 aliphatic rings. The fourth-order valence-corrected chi connectivity index (χ4v) is 1.91. The largest absolute Gasteiger partial charge is 0.274 e. The smallest absolute Gasteiger partial charge is 0.237 e. The van der Waals surface area contributed by atoms with Crippen molar-refractivity contribution < 1.29 is 9.59 Å². The second kappa shape index (κ2) is 3.77. The van der Waals surface area contributed by atoms with Crippen molar-refractivity contribution in [3.63, 3.8) is 0 Å². The fourth-order valence-electron chi connectivity index (χ4n) is 1.65. The molecule has 0 bridgehead atoms. The summed E-state index contributed by atoms with van der Waals surface area (Å²) in [6, 6.07) is 7.16. The van der Waals surface area contributed by atoms with Gasteiger partial charge in [0.1, 0.15) is 0 Å². The van der Waals surface area contributed by atoms with Gasteiger partial charge in [-0.05, 0) is 24.3 Å². The van der Waals surface area contributed by atoms with E-state index in [0.29, 0.717) is 12.1 Å². The SMILES string of the molecule is C[C@@H]1CC(=O)N(c2ccc(Br)cc2)C1=O. The zero-order chi connectivity index (χ0) is 11.0. The third-order valence-electron chi connectivity index (χ3n) is 2.46. The zero-order valence-corrected chi connectivity index (χ0v) is 9.82. The molecule has 1 heterocycles. The van der Waals surface area contributed by atoms with Crippen LogP contribution in [0.3, 0.4) is 0 Å². The molecule has 0 aliphatic carbocycles. The van der Waals surface area contributed by atoms with Crippen molar-refractivity contribution in [3.05, 3.63) is 28.7 Å². The molecule has 15 heavy (non-hydrogen) atoms. The lowest BCUT2D eigenvalue weighted by Crippen LogP contribution is -2.29. The highest BCUT2D eigenvalue weighted by molar-refractivity contribution is 9.10. The van der Waals surface area contributed by atoms with E-state index in [1.54, 1.807) is 19.1 Å². The van der Waals surface area contributed by atoms with Gasteiger partial charge in [0.2, 0.25) is 11.8 Å². The first-order valence-corrected chi connectivity index (χ1v) is 5.51. The second-order valence-electron chi connectivity index (χ2n) is 3.65. The summed E-state index contributed by atoms with van der Waals surface area (Å²) in [6.07, 6.45) is 0.314. The Bertz CT molecular complexity index is 413. The van der Waals surface area contributed by atoms with Crippen LogP contribution in [-0.4, -0.2) is 11.8 Å². The minimum absolute atomic E-state index is 0.109. The van der Waals surface area contributed by atoms with Gasteiger partial charge in [-0.15, -0.1) is 0 Å². The summed E-state index contributed by atoms with van der Waals surface area (Å²) in [6.45, 7) is 1.78. The molecule has 0 radical (unpaired) electrons. The first-order chi connectivity index (χ1) is 7.09. The quantitative estimate of drug-likeness (QED) is 0.733. The van der Waals surface area contributed by atoms with Crippen LogP contribution in [0.4, 0.5) is 5.69 Å². The minimum Gasteiger partial charge on any atom is -0.274 e. The van der Waals surface area contributed by atoms with E-state index >= 15 is 0 Å². The molecule has 1 fully saturated rings. The summed E-state index contributed by atoms with van der Waals surface area (Å²) < 4.78 is 0.929. The summed E-state index contributed by atoms with van der Waals surface area (Å²) >= 11 is 3.31. The van der Waals surface area contributed by atoms with Crippen molar-refractivity contribution in [2.75, 3.05) is 4.90 Å². The number of amides is 2. The molecule has 0 spiro atoms. The van der Waals surface area contributed by atoms with Gasteiger partial charge in [0.15, 0.2) is 0 Å². The van der Waals surface area contributed by atoms with Crippen LogP contribution in [0.2, 0.25) is 0 Å². The molecule has 2 amide bonds. The Kier molecular flexibility index (Phi) is 2.61. The number of nitrogens with zero attached hydrogens (tertiary/aromatic N) is 1. The van der Waals surface area contributed by atoms with E-state index in [-0.39, 0.29) is 17.7 Å². The number of anilines is 1. The predicted molar refractivity (Wildman–Crippen MR) is 60.4 cm³/mol. The van der Waals surface area contributed by atoms with E-state index in [1.807, 2.05) is 12.1 Å². The fraction of sp³-hybridized carbons (Fsp3) is 0.273. The van der Waals surface area contributed by atoms with Crippen LogP contribution in [0.25, 0.3) is 0 Å². The van der Waals surface area contributed by atoms with Gasteiger partial charge in [0, 0.05) is 16.8 Å². The van der Waals surface area contributed by atoms with Crippen LogP contribution in [0.5, 0.6) is 0 Å². The van der Waals surface area contributed by atoms with Crippen molar-refractivity contribution in [1.82, 2.24) is 0 Å². The van der Waals surface area contributed by atoms with Crippen LogP contribution in [0, 0.1) is 5.92 Å². The minimum atomic E-state index is -0.193. The van der Waals surface area contributed by atoms with Gasteiger partial charge in [-0.25, -0.2) is 0 Å². The third kappa shape index (κ3) is 1.81. The van der Waals surface area contributed by atoms with E-state index in [0.717, 1.165) is 4.47 Å². The zero-order valence-electron chi connectivity index (χ0n) is 8.24. The molecule has 1 aromatic rings. The summed E-state index contributed by atoms with van der Waals surface area (Å²) in [4.78, 5) is 24.5. The van der Waals surface area contributed by atoms with E-state index in [4.69, 9.17) is 0 Å². The van der Waals surface area contributed by atoms with E-state index in [1.165, 1.54) is 4.90 Å². The highest BCUT2D eigenvalue weighted by Gasteiger charge is 2.36. The van der Waals surface area contributed by atoms with E-state index < -0.39 is 0 Å². The van der Waals surface area contributed by atoms with E-state index in [2.05, 4.69) is 15.9 Å². The number of rotatable bonds is 1. The maximum atomic E-state index is 11.7. The molecule has 1 saturated heterocycles. The standard InChI is InChI=1S/C11H10BrNO2/c1-7-6-10(14)13(11(7)15)9-4-2-8(12)3-5-9/h2-5,7H,6H2,1H3/t7-/m1/s1. The van der Waals surface area contributed by atoms with Crippen LogP contribution in [0.15, 0.2) is 28.7 Å². The first kappa shape index (κ1) is 10.4. The van der Waals surface area contributed by atoms with Gasteiger partial charge in [0.25, 0.3) is 0 Å². The Morgan fingerprint density at radius 2 is 1.87 bits per heavy atom. The molecule has 1 atom stereocenters. The number of imide groups is 1. The Hall–Kier alpha value is -1.16. The topological polar surface area (TPSA) is 37.4 Å². The van der Waals surface area contributed by atoms with Gasteiger partial charge in [-0.3, -0.25) is 14.5 Å². The molecule has 78 valence electrons. The van der Waals surface area contributed by atoms with Crippen LogP contribution < -0.4 is 4.90 Å². The Morgan fingerprint density at radius 3 is 2.33 bits per heavy atom. The maximum Gasteiger partial charge on any atom is 0.237 e. The maximum absolute atomic E-state index is 11.7. The van der Waals surface area contributed by atoms with Crippen molar-refractivity contribution in [2.24, 2.45) is 5.92 Å². The summed E-state index contributed by atoms with van der Waals surface area (Å²) in [5.74, 6) is -0.418. The molecule has 1 aliphatic heterocycles. The Labute approximate surface area is 96.2 Å². The average Bonchev–Trinajstić information content (AvgIpc) is 2.44. The van der Waals surface area contributed by atoms with Gasteiger partial charge in [-0.2, -0.15) is 0 Å². The summed E-state index contributed by atoms with van der Waals surface area (Å²) in [5.41, 5.74) is 0.651. The lowest BCUT2D eigenvalue weighted by atomic mass is 10.1. The van der Waals surface area contributed by atoms with Crippen molar-refractivity contribution in [1.29, 1.82) is 0 Å². The molecule has 3 nitrogen and oxygen atoms in total. The van der Waals surface area contributed by atoms with Crippen molar-refractivity contribution in [2.45, 2.75) is 13.3 Å². The number of hydrogen-bond acceptors (Lipinski definition) is 2. The highest BCUT2D eigenvalue weighted by atomic mass is 79.9. The molecule has 2 rings (SSSR count). The van der Waals surface area contributed by atoms with Gasteiger partial charge in [0.05, 0.1) is 5.69 Å². The molecule has 0 N–H and O–H groups in total. The van der Waals surface area contributed by atoms with Crippen LogP contribution in [0.1, 0.15) is 13.3 Å². The number of carbonyl (C=O) groups excluding carboxylic acids is 2. The Morgan fingerprint density at radius 1 is 1.27 bits per heavy atom. The second-order valence-corrected chi connectivity index (χ2v) is 4.56. The van der Waals surface area contributed by atoms with Crippen molar-refractivity contribution >= 4 is 33.4 Å². The number of benzene rings is 1. The molecule has 1 aromatic carbocycles. The van der Waals surface area contributed by atoms with Crippen LogP contribution in [-0.2, 0) is 9.59 Å². The lowest BCUT2D eigenvalue weighted by molar-refractivity contribution is -0.122. The van der Waals surface area contributed by atoms with Gasteiger partial charge >= 0.3 is 0 Å². The third-order valence-corrected chi connectivity index (χ3v) is 2.99. The van der Waals surface area contributed by atoms with E-state index in [9.17, 15) is 9.59 Å². The van der Waals surface area contributed by atoms with Gasteiger partial charge < -0.3 is 0 Å². The number of halogens is 1. The van der Waals surface area contributed by atoms with Crippen LogP contribution >= 0.6 is 15.9 Å². The molecule has 4 heteroatoms. The molecule has 0 unspecified atom stereocenters. The average molecular weight is 268 g/mol. The molecule has 0 saturated carbocycles. The Balaban J connectivity index is 2.35. The summed E-state index contributed by atoms with van der Waals surface area (Å²) in [7, 11) is 0.